The minimum absolute atomic E-state index is 0.286. The maximum absolute atomic E-state index is 12.7. The lowest BCUT2D eigenvalue weighted by molar-refractivity contribution is 0.0736. The van der Waals surface area contributed by atoms with Crippen LogP contribution in [0.5, 0.6) is 0 Å². The molecule has 0 aliphatic heterocycles. The van der Waals surface area contributed by atoms with Crippen molar-refractivity contribution < 1.29 is 17.2 Å². The van der Waals surface area contributed by atoms with Crippen molar-refractivity contribution in [2.24, 2.45) is 11.8 Å². The molecule has 2 aliphatic carbocycles. The zero-order chi connectivity index (χ0) is 9.15. The third-order valence-electron chi connectivity index (χ3n) is 2.79. The first-order chi connectivity index (χ1) is 5.35. The van der Waals surface area contributed by atoms with Gasteiger partial charge < -0.3 is 0 Å². The van der Waals surface area contributed by atoms with E-state index in [-0.39, 0.29) is 12.8 Å². The summed E-state index contributed by atoms with van der Waals surface area (Å²) in [7, 11) is 1.24. The number of hydrogen-bond donors (Lipinski definition) is 0. The molecule has 0 bridgehead atoms. The van der Waals surface area contributed by atoms with Gasteiger partial charge in [0.15, 0.2) is 0 Å². The molecular formula is C6H7ClF2O2S. The Morgan fingerprint density at radius 2 is 1.92 bits per heavy atom. The van der Waals surface area contributed by atoms with Crippen LogP contribution in [-0.4, -0.2) is 19.6 Å². The van der Waals surface area contributed by atoms with Crippen LogP contribution in [0.3, 0.4) is 0 Å². The van der Waals surface area contributed by atoms with E-state index in [1.54, 1.807) is 0 Å². The summed E-state index contributed by atoms with van der Waals surface area (Å²) in [6.07, 6.45) is 0.574. The van der Waals surface area contributed by atoms with Gasteiger partial charge in [-0.3, -0.25) is 0 Å². The first-order valence-corrected chi connectivity index (χ1v) is 6.03. The summed E-state index contributed by atoms with van der Waals surface area (Å²) in [5, 5.41) is -1.01. The van der Waals surface area contributed by atoms with Gasteiger partial charge >= 0.3 is 0 Å². The van der Waals surface area contributed by atoms with E-state index in [0.29, 0.717) is 0 Å². The fourth-order valence-electron chi connectivity index (χ4n) is 2.13. The van der Waals surface area contributed by atoms with Crippen LogP contribution in [0.1, 0.15) is 12.8 Å². The summed E-state index contributed by atoms with van der Waals surface area (Å²) in [5.74, 6) is -4.50. The summed E-state index contributed by atoms with van der Waals surface area (Å²) < 4.78 is 47.0. The molecule has 0 radical (unpaired) electrons. The highest BCUT2D eigenvalue weighted by atomic mass is 35.7. The Bertz CT molecular complexity index is 314. The third-order valence-corrected chi connectivity index (χ3v) is 4.73. The summed E-state index contributed by atoms with van der Waals surface area (Å²) >= 11 is 0. The van der Waals surface area contributed by atoms with Crippen molar-refractivity contribution >= 4 is 19.7 Å². The van der Waals surface area contributed by atoms with Crippen LogP contribution in [-0.2, 0) is 9.05 Å². The minimum Gasteiger partial charge on any atom is -0.212 e. The van der Waals surface area contributed by atoms with Crippen molar-refractivity contribution in [3.05, 3.63) is 0 Å². The van der Waals surface area contributed by atoms with E-state index in [1.165, 1.54) is 0 Å². The van der Waals surface area contributed by atoms with Gasteiger partial charge in [0.25, 0.3) is 5.92 Å². The molecule has 6 heteroatoms. The highest BCUT2D eigenvalue weighted by Crippen LogP contribution is 2.65. The second kappa shape index (κ2) is 2.12. The fourth-order valence-corrected chi connectivity index (χ4v) is 3.87. The van der Waals surface area contributed by atoms with Crippen molar-refractivity contribution in [2.45, 2.75) is 24.0 Å². The molecule has 3 atom stereocenters. The second-order valence-electron chi connectivity index (χ2n) is 3.40. The normalized spacial score (nSPS) is 44.1. The highest BCUT2D eigenvalue weighted by Gasteiger charge is 2.75. The second-order valence-corrected chi connectivity index (χ2v) is 6.25. The molecule has 2 fully saturated rings. The maximum atomic E-state index is 12.7. The zero-order valence-corrected chi connectivity index (χ0v) is 7.58. The average Bonchev–Trinajstić information content (AvgIpc) is 2.34. The predicted molar refractivity (Wildman–Crippen MR) is 39.7 cm³/mol. The molecule has 0 N–H and O–H groups in total. The predicted octanol–water partition coefficient (Wildman–Crippen LogP) is 1.60. The van der Waals surface area contributed by atoms with Crippen LogP contribution < -0.4 is 0 Å². The molecule has 2 nitrogen and oxygen atoms in total. The topological polar surface area (TPSA) is 34.1 Å². The summed E-state index contributed by atoms with van der Waals surface area (Å²) in [5.41, 5.74) is 0. The van der Waals surface area contributed by atoms with Crippen LogP contribution in [0.25, 0.3) is 0 Å². The summed E-state index contributed by atoms with van der Waals surface area (Å²) in [6, 6.07) is 0. The van der Waals surface area contributed by atoms with E-state index >= 15 is 0 Å². The van der Waals surface area contributed by atoms with Crippen LogP contribution >= 0.6 is 10.7 Å². The molecule has 2 saturated carbocycles. The Labute approximate surface area is 73.3 Å². The molecule has 2 aliphatic rings. The van der Waals surface area contributed by atoms with Gasteiger partial charge in [-0.05, 0) is 12.8 Å². The molecule has 0 aromatic carbocycles. The number of alkyl halides is 2. The van der Waals surface area contributed by atoms with Crippen molar-refractivity contribution in [2.75, 3.05) is 0 Å². The lowest BCUT2D eigenvalue weighted by Gasteiger charge is -2.09. The smallest absolute Gasteiger partial charge is 0.212 e. The molecule has 0 spiro atoms. The van der Waals surface area contributed by atoms with Crippen molar-refractivity contribution in [3.63, 3.8) is 0 Å². The van der Waals surface area contributed by atoms with Crippen LogP contribution in [0.2, 0.25) is 0 Å². The van der Waals surface area contributed by atoms with Crippen LogP contribution in [0.4, 0.5) is 8.78 Å². The van der Waals surface area contributed by atoms with Gasteiger partial charge in [-0.1, -0.05) is 0 Å². The average molecular weight is 217 g/mol. The number of fused-ring (bicyclic) bond motifs is 1. The molecule has 2 rings (SSSR count). The highest BCUT2D eigenvalue weighted by molar-refractivity contribution is 8.14. The summed E-state index contributed by atoms with van der Waals surface area (Å²) in [6.45, 7) is 0. The first-order valence-electron chi connectivity index (χ1n) is 3.66. The van der Waals surface area contributed by atoms with E-state index in [9.17, 15) is 17.2 Å². The Kier molecular flexibility index (Phi) is 1.54. The SMILES string of the molecule is O=S(=O)(Cl)C1CCC2C1C2(F)F. The molecule has 0 amide bonds. The molecule has 0 aromatic heterocycles. The third kappa shape index (κ3) is 0.988. The Balaban J connectivity index is 2.24. The molecule has 70 valence electrons. The number of hydrogen-bond acceptors (Lipinski definition) is 2. The Hall–Kier alpha value is 0.1000. The van der Waals surface area contributed by atoms with Gasteiger partial charge in [0.1, 0.15) is 0 Å². The van der Waals surface area contributed by atoms with Crippen molar-refractivity contribution in [1.29, 1.82) is 0 Å². The standard InChI is InChI=1S/C6H7ClF2O2S/c7-12(10,11)4-2-1-3-5(4)6(3,8)9/h3-5H,1-2H2. The summed E-state index contributed by atoms with van der Waals surface area (Å²) in [4.78, 5) is 0. The van der Waals surface area contributed by atoms with Crippen molar-refractivity contribution in [1.82, 2.24) is 0 Å². The van der Waals surface area contributed by atoms with E-state index in [4.69, 9.17) is 10.7 Å². The van der Waals surface area contributed by atoms with Gasteiger partial charge in [-0.2, -0.15) is 0 Å². The van der Waals surface area contributed by atoms with Gasteiger partial charge in [0.2, 0.25) is 9.05 Å². The monoisotopic (exact) mass is 216 g/mol. The first kappa shape index (κ1) is 8.69. The zero-order valence-electron chi connectivity index (χ0n) is 6.00. The molecule has 3 unspecified atom stereocenters. The largest absolute Gasteiger partial charge is 0.255 e. The molecule has 0 aromatic rings. The van der Waals surface area contributed by atoms with Gasteiger partial charge in [-0.25, -0.2) is 17.2 Å². The quantitative estimate of drug-likeness (QED) is 0.624. The Morgan fingerprint density at radius 3 is 2.17 bits per heavy atom. The van der Waals surface area contributed by atoms with Crippen LogP contribution in [0.15, 0.2) is 0 Å². The number of halogens is 3. The van der Waals surface area contributed by atoms with E-state index in [0.717, 1.165) is 0 Å². The lowest BCUT2D eigenvalue weighted by Crippen LogP contribution is -2.20. The fraction of sp³-hybridized carbons (Fsp3) is 1.00. The maximum Gasteiger partial charge on any atom is 0.255 e. The van der Waals surface area contributed by atoms with E-state index in [2.05, 4.69) is 0 Å². The van der Waals surface area contributed by atoms with E-state index < -0.39 is 32.1 Å². The lowest BCUT2D eigenvalue weighted by atomic mass is 10.2. The Morgan fingerprint density at radius 1 is 1.33 bits per heavy atom. The van der Waals surface area contributed by atoms with Gasteiger partial charge in [0, 0.05) is 22.5 Å². The van der Waals surface area contributed by atoms with Crippen LogP contribution in [0, 0.1) is 11.8 Å². The molecule has 0 saturated heterocycles. The van der Waals surface area contributed by atoms with Crippen molar-refractivity contribution in [3.8, 4) is 0 Å². The van der Waals surface area contributed by atoms with Gasteiger partial charge in [-0.15, -0.1) is 0 Å². The molecule has 0 heterocycles. The molecular weight excluding hydrogens is 210 g/mol. The molecule has 12 heavy (non-hydrogen) atoms. The minimum atomic E-state index is -3.79. The van der Waals surface area contributed by atoms with Gasteiger partial charge in [0.05, 0.1) is 5.25 Å². The van der Waals surface area contributed by atoms with E-state index in [1.807, 2.05) is 0 Å². The number of rotatable bonds is 1.